The van der Waals surface area contributed by atoms with E-state index in [1.807, 2.05) is 0 Å². The summed E-state index contributed by atoms with van der Waals surface area (Å²) in [5, 5.41) is 0. The number of carbonyl (C=O) groups is 1. The minimum atomic E-state index is -0.443. The van der Waals surface area contributed by atoms with Gasteiger partial charge >= 0.3 is 0 Å². The van der Waals surface area contributed by atoms with Gasteiger partial charge in [0.05, 0.1) is 0 Å². The van der Waals surface area contributed by atoms with Crippen LogP contribution >= 0.6 is 0 Å². The van der Waals surface area contributed by atoms with Crippen molar-refractivity contribution in [3.05, 3.63) is 0 Å². The minimum Gasteiger partial charge on any atom is -0.353 e. The van der Waals surface area contributed by atoms with Crippen molar-refractivity contribution in [2.75, 3.05) is 14.2 Å². The van der Waals surface area contributed by atoms with Gasteiger partial charge in [0.2, 0.25) is 0 Å². The average molecular weight is 226 g/mol. The number of ketones is 1. The molecule has 2 saturated carbocycles. The van der Waals surface area contributed by atoms with Crippen LogP contribution in [0.4, 0.5) is 0 Å². The van der Waals surface area contributed by atoms with Crippen molar-refractivity contribution in [2.24, 2.45) is 11.3 Å². The Kier molecular flexibility index (Phi) is 3.10. The number of hydrogen-bond donors (Lipinski definition) is 0. The number of ether oxygens (including phenoxy) is 2. The summed E-state index contributed by atoms with van der Waals surface area (Å²) in [4.78, 5) is 12.1. The SMILES string of the molecule is COC1(OC)CC[C@]2(C)C(=O)CCC[C@@H]2C1. The molecule has 16 heavy (non-hydrogen) atoms. The van der Waals surface area contributed by atoms with Crippen LogP contribution in [-0.2, 0) is 14.3 Å². The van der Waals surface area contributed by atoms with Gasteiger partial charge in [-0.15, -0.1) is 0 Å². The highest BCUT2D eigenvalue weighted by Gasteiger charge is 2.51. The van der Waals surface area contributed by atoms with Crippen molar-refractivity contribution in [1.82, 2.24) is 0 Å². The molecule has 0 heterocycles. The maximum absolute atomic E-state index is 12.1. The molecular weight excluding hydrogens is 204 g/mol. The lowest BCUT2D eigenvalue weighted by Gasteiger charge is -2.50. The summed E-state index contributed by atoms with van der Waals surface area (Å²) in [7, 11) is 3.41. The molecule has 2 atom stereocenters. The van der Waals surface area contributed by atoms with Crippen molar-refractivity contribution < 1.29 is 14.3 Å². The molecular formula is C13H22O3. The van der Waals surface area contributed by atoms with E-state index in [9.17, 15) is 4.79 Å². The average Bonchev–Trinajstić information content (AvgIpc) is 2.31. The molecule has 0 aromatic rings. The van der Waals surface area contributed by atoms with Gasteiger partial charge in [0, 0.05) is 38.9 Å². The molecule has 0 unspecified atom stereocenters. The number of hydrogen-bond acceptors (Lipinski definition) is 3. The van der Waals surface area contributed by atoms with Gasteiger partial charge in [0.1, 0.15) is 5.78 Å². The minimum absolute atomic E-state index is 0.112. The van der Waals surface area contributed by atoms with Gasteiger partial charge in [-0.3, -0.25) is 4.79 Å². The first-order valence-electron chi connectivity index (χ1n) is 6.20. The predicted octanol–water partition coefficient (Wildman–Crippen LogP) is 2.53. The Balaban J connectivity index is 2.19. The summed E-state index contributed by atoms with van der Waals surface area (Å²) in [6, 6.07) is 0. The lowest BCUT2D eigenvalue weighted by Crippen LogP contribution is -2.51. The van der Waals surface area contributed by atoms with E-state index in [0.717, 1.165) is 38.5 Å². The number of Topliss-reactive ketones (excluding diaryl/α,β-unsaturated/α-hetero) is 1. The monoisotopic (exact) mass is 226 g/mol. The summed E-state index contributed by atoms with van der Waals surface area (Å²) in [5.41, 5.74) is -0.112. The molecule has 0 aromatic carbocycles. The molecule has 2 fully saturated rings. The third-order valence-electron chi connectivity index (χ3n) is 4.82. The molecule has 0 radical (unpaired) electrons. The first-order valence-corrected chi connectivity index (χ1v) is 6.20. The van der Waals surface area contributed by atoms with Gasteiger partial charge < -0.3 is 9.47 Å². The van der Waals surface area contributed by atoms with E-state index in [4.69, 9.17) is 9.47 Å². The van der Waals surface area contributed by atoms with Crippen LogP contribution in [0, 0.1) is 11.3 Å². The van der Waals surface area contributed by atoms with E-state index in [0.29, 0.717) is 11.7 Å². The normalized spacial score (nSPS) is 38.2. The molecule has 0 saturated heterocycles. The Morgan fingerprint density at radius 2 is 1.94 bits per heavy atom. The van der Waals surface area contributed by atoms with Crippen LogP contribution in [0.3, 0.4) is 0 Å². The Morgan fingerprint density at radius 3 is 2.56 bits per heavy atom. The Bertz CT molecular complexity index is 283. The van der Waals surface area contributed by atoms with Crippen molar-refractivity contribution in [1.29, 1.82) is 0 Å². The third kappa shape index (κ3) is 1.70. The molecule has 3 nitrogen and oxygen atoms in total. The van der Waals surface area contributed by atoms with Crippen LogP contribution in [0.5, 0.6) is 0 Å². The molecule has 3 heteroatoms. The first-order chi connectivity index (χ1) is 7.56. The van der Waals surface area contributed by atoms with Crippen LogP contribution in [0.25, 0.3) is 0 Å². The molecule has 0 amide bonds. The van der Waals surface area contributed by atoms with E-state index >= 15 is 0 Å². The molecule has 0 N–H and O–H groups in total. The maximum Gasteiger partial charge on any atom is 0.167 e. The van der Waals surface area contributed by atoms with Gasteiger partial charge in [-0.2, -0.15) is 0 Å². The maximum atomic E-state index is 12.1. The Labute approximate surface area is 97.5 Å². The number of methoxy groups -OCH3 is 2. The lowest BCUT2D eigenvalue weighted by molar-refractivity contribution is -0.246. The van der Waals surface area contributed by atoms with Crippen LogP contribution < -0.4 is 0 Å². The topological polar surface area (TPSA) is 35.5 Å². The fraction of sp³-hybridized carbons (Fsp3) is 0.923. The van der Waals surface area contributed by atoms with Crippen molar-refractivity contribution in [2.45, 2.75) is 51.2 Å². The summed E-state index contributed by atoms with van der Waals surface area (Å²) in [6.45, 7) is 2.13. The molecule has 2 rings (SSSR count). The van der Waals surface area contributed by atoms with E-state index in [-0.39, 0.29) is 5.41 Å². The largest absolute Gasteiger partial charge is 0.353 e. The van der Waals surface area contributed by atoms with Crippen molar-refractivity contribution in [3.8, 4) is 0 Å². The van der Waals surface area contributed by atoms with Gasteiger partial charge in [-0.05, 0) is 25.2 Å². The van der Waals surface area contributed by atoms with Gasteiger partial charge in [-0.1, -0.05) is 6.92 Å². The number of rotatable bonds is 2. The summed E-state index contributed by atoms with van der Waals surface area (Å²) in [5.74, 6) is 0.439. The standard InChI is InChI=1S/C13H22O3/c1-12-7-8-13(15-2,16-3)9-10(12)5-4-6-11(12)14/h10H,4-9H2,1-3H3/t10-,12+/m1/s1. The molecule has 0 aromatic heterocycles. The molecule has 2 aliphatic rings. The summed E-state index contributed by atoms with van der Waals surface area (Å²) < 4.78 is 11.0. The zero-order valence-corrected chi connectivity index (χ0v) is 10.5. The predicted molar refractivity (Wildman–Crippen MR) is 61.1 cm³/mol. The van der Waals surface area contributed by atoms with E-state index in [1.165, 1.54) is 0 Å². The molecule has 0 spiro atoms. The fourth-order valence-electron chi connectivity index (χ4n) is 3.39. The highest BCUT2D eigenvalue weighted by Crippen LogP contribution is 2.51. The second-order valence-corrected chi connectivity index (χ2v) is 5.45. The molecule has 92 valence electrons. The lowest BCUT2D eigenvalue weighted by atomic mass is 9.58. The fourth-order valence-corrected chi connectivity index (χ4v) is 3.39. The number of fused-ring (bicyclic) bond motifs is 1. The second-order valence-electron chi connectivity index (χ2n) is 5.45. The molecule has 2 aliphatic carbocycles. The zero-order valence-electron chi connectivity index (χ0n) is 10.5. The van der Waals surface area contributed by atoms with Crippen molar-refractivity contribution in [3.63, 3.8) is 0 Å². The first kappa shape index (κ1) is 12.1. The Morgan fingerprint density at radius 1 is 1.25 bits per heavy atom. The third-order valence-corrected chi connectivity index (χ3v) is 4.82. The summed E-state index contributed by atoms with van der Waals surface area (Å²) in [6.07, 6.45) is 5.53. The van der Waals surface area contributed by atoms with E-state index < -0.39 is 5.79 Å². The highest BCUT2D eigenvalue weighted by molar-refractivity contribution is 5.85. The van der Waals surface area contributed by atoms with E-state index in [2.05, 4.69) is 6.92 Å². The quantitative estimate of drug-likeness (QED) is 0.679. The summed E-state index contributed by atoms with van der Waals surface area (Å²) >= 11 is 0. The second kappa shape index (κ2) is 4.11. The zero-order chi connectivity index (χ0) is 11.8. The van der Waals surface area contributed by atoms with Crippen LogP contribution in [0.15, 0.2) is 0 Å². The van der Waals surface area contributed by atoms with Crippen LogP contribution in [0.1, 0.15) is 45.4 Å². The van der Waals surface area contributed by atoms with Crippen LogP contribution in [-0.4, -0.2) is 25.8 Å². The molecule has 0 aliphatic heterocycles. The van der Waals surface area contributed by atoms with Crippen LogP contribution in [0.2, 0.25) is 0 Å². The van der Waals surface area contributed by atoms with E-state index in [1.54, 1.807) is 14.2 Å². The van der Waals surface area contributed by atoms with Gasteiger partial charge in [0.15, 0.2) is 5.79 Å². The highest BCUT2D eigenvalue weighted by atomic mass is 16.7. The molecule has 0 bridgehead atoms. The smallest absolute Gasteiger partial charge is 0.167 e. The van der Waals surface area contributed by atoms with Gasteiger partial charge in [-0.25, -0.2) is 0 Å². The number of carbonyl (C=O) groups excluding carboxylic acids is 1. The van der Waals surface area contributed by atoms with Gasteiger partial charge in [0.25, 0.3) is 0 Å². The Hall–Kier alpha value is -0.410. The van der Waals surface area contributed by atoms with Crippen molar-refractivity contribution >= 4 is 5.78 Å².